The number of hydrogen-bond acceptors (Lipinski definition) is 4. The van der Waals surface area contributed by atoms with E-state index in [0.717, 1.165) is 30.6 Å². The minimum atomic E-state index is -3.49. The van der Waals surface area contributed by atoms with Crippen molar-refractivity contribution in [3.8, 4) is 0 Å². The van der Waals surface area contributed by atoms with E-state index < -0.39 is 21.4 Å². The Labute approximate surface area is 110 Å². The van der Waals surface area contributed by atoms with Gasteiger partial charge in [0.15, 0.2) is 0 Å². The molecule has 0 saturated heterocycles. The number of hydrogen-bond donors (Lipinski definition) is 2. The molecule has 0 atom stereocenters. The highest BCUT2D eigenvalue weighted by molar-refractivity contribution is 7.91. The molecule has 2 N–H and O–H groups in total. The second kappa shape index (κ2) is 4.99. The van der Waals surface area contributed by atoms with Gasteiger partial charge in [-0.2, -0.15) is 0 Å². The molecule has 0 aromatic carbocycles. The Morgan fingerprint density at radius 1 is 1.50 bits per heavy atom. The molecule has 2 rings (SSSR count). The number of carboxylic acids is 1. The molecule has 0 amide bonds. The van der Waals surface area contributed by atoms with E-state index >= 15 is 0 Å². The predicted molar refractivity (Wildman–Crippen MR) is 68.0 cm³/mol. The molecule has 5 nitrogen and oxygen atoms in total. The number of sulfonamides is 1. The predicted octanol–water partition coefficient (Wildman–Crippen LogP) is 1.67. The Bertz CT molecular complexity index is 517. The first-order chi connectivity index (χ1) is 8.44. The van der Waals surface area contributed by atoms with Crippen molar-refractivity contribution in [2.45, 2.75) is 29.9 Å². The zero-order valence-electron chi connectivity index (χ0n) is 9.76. The summed E-state index contributed by atoms with van der Waals surface area (Å²) in [6, 6.07) is 3.22. The molecule has 0 spiro atoms. The van der Waals surface area contributed by atoms with Gasteiger partial charge in [0, 0.05) is 6.54 Å². The van der Waals surface area contributed by atoms with Gasteiger partial charge in [0.25, 0.3) is 0 Å². The first-order valence-electron chi connectivity index (χ1n) is 5.69. The van der Waals surface area contributed by atoms with Crippen molar-refractivity contribution in [2.75, 3.05) is 6.54 Å². The van der Waals surface area contributed by atoms with Crippen LogP contribution in [-0.2, 0) is 14.8 Å². The highest BCUT2D eigenvalue weighted by Crippen LogP contribution is 2.43. The molecule has 100 valence electrons. The van der Waals surface area contributed by atoms with E-state index in [1.165, 1.54) is 6.07 Å². The zero-order valence-corrected chi connectivity index (χ0v) is 11.4. The second-order valence-corrected chi connectivity index (χ2v) is 7.62. The molecular weight excluding hydrogens is 274 g/mol. The summed E-state index contributed by atoms with van der Waals surface area (Å²) in [5, 5.41) is 10.6. The van der Waals surface area contributed by atoms with Gasteiger partial charge in [-0.1, -0.05) is 12.5 Å². The van der Waals surface area contributed by atoms with Crippen LogP contribution >= 0.6 is 11.3 Å². The molecule has 1 aliphatic rings. The van der Waals surface area contributed by atoms with Crippen molar-refractivity contribution >= 4 is 27.3 Å². The van der Waals surface area contributed by atoms with Gasteiger partial charge in [0.2, 0.25) is 10.0 Å². The van der Waals surface area contributed by atoms with Crippen molar-refractivity contribution in [1.29, 1.82) is 0 Å². The average molecular weight is 289 g/mol. The Kier molecular flexibility index (Phi) is 3.74. The summed E-state index contributed by atoms with van der Waals surface area (Å²) in [6.07, 6.45) is 2.53. The third-order valence-electron chi connectivity index (χ3n) is 3.34. The molecular formula is C11H15NO4S2. The monoisotopic (exact) mass is 289 g/mol. The topological polar surface area (TPSA) is 83.5 Å². The minimum absolute atomic E-state index is 0.0277. The fourth-order valence-corrected chi connectivity index (χ4v) is 4.34. The van der Waals surface area contributed by atoms with Crippen LogP contribution in [0.25, 0.3) is 0 Å². The van der Waals surface area contributed by atoms with E-state index in [1.54, 1.807) is 11.4 Å². The van der Waals surface area contributed by atoms with Gasteiger partial charge in [-0.15, -0.1) is 11.3 Å². The maximum absolute atomic E-state index is 11.9. The fraction of sp³-hybridized carbons (Fsp3) is 0.545. The van der Waals surface area contributed by atoms with Gasteiger partial charge >= 0.3 is 5.97 Å². The van der Waals surface area contributed by atoms with E-state index in [-0.39, 0.29) is 17.2 Å². The Morgan fingerprint density at radius 2 is 2.22 bits per heavy atom. The van der Waals surface area contributed by atoms with Crippen LogP contribution in [-0.4, -0.2) is 26.0 Å². The van der Waals surface area contributed by atoms with Gasteiger partial charge in [-0.3, -0.25) is 4.79 Å². The van der Waals surface area contributed by atoms with Crippen LogP contribution in [0.15, 0.2) is 21.7 Å². The number of aliphatic carboxylic acids is 1. The first-order valence-corrected chi connectivity index (χ1v) is 8.05. The highest BCUT2D eigenvalue weighted by Gasteiger charge is 2.39. The number of rotatable bonds is 6. The quantitative estimate of drug-likeness (QED) is 0.834. The van der Waals surface area contributed by atoms with E-state index in [9.17, 15) is 13.2 Å². The largest absolute Gasteiger partial charge is 0.481 e. The molecule has 18 heavy (non-hydrogen) atoms. The van der Waals surface area contributed by atoms with Crippen molar-refractivity contribution < 1.29 is 18.3 Å². The van der Waals surface area contributed by atoms with Crippen LogP contribution in [0.5, 0.6) is 0 Å². The molecule has 7 heteroatoms. The van der Waals surface area contributed by atoms with Crippen LogP contribution in [0.4, 0.5) is 0 Å². The van der Waals surface area contributed by atoms with Gasteiger partial charge in [-0.25, -0.2) is 13.1 Å². The maximum Gasteiger partial charge on any atom is 0.303 e. The van der Waals surface area contributed by atoms with Gasteiger partial charge in [0.05, 0.1) is 6.42 Å². The minimum Gasteiger partial charge on any atom is -0.481 e. The molecule has 1 heterocycles. The highest BCUT2D eigenvalue weighted by atomic mass is 32.2. The van der Waals surface area contributed by atoms with E-state index in [1.807, 2.05) is 0 Å². The van der Waals surface area contributed by atoms with Crippen LogP contribution in [0.3, 0.4) is 0 Å². The molecule has 0 bridgehead atoms. The van der Waals surface area contributed by atoms with Crippen molar-refractivity contribution in [1.82, 2.24) is 4.72 Å². The SMILES string of the molecule is O=C(O)CC1(CNS(=O)(=O)c2cccs2)CCC1. The number of thiophene rings is 1. The van der Waals surface area contributed by atoms with E-state index in [0.29, 0.717) is 0 Å². The molecule has 1 aromatic rings. The molecule has 0 aliphatic heterocycles. The summed E-state index contributed by atoms with van der Waals surface area (Å²) in [7, 11) is -3.49. The molecule has 1 saturated carbocycles. The number of carbonyl (C=O) groups is 1. The maximum atomic E-state index is 11.9. The van der Waals surface area contributed by atoms with Crippen molar-refractivity contribution in [3.05, 3.63) is 17.5 Å². The molecule has 0 radical (unpaired) electrons. The van der Waals surface area contributed by atoms with Gasteiger partial charge in [-0.05, 0) is 29.7 Å². The van der Waals surface area contributed by atoms with Crippen LogP contribution in [0.1, 0.15) is 25.7 Å². The second-order valence-electron chi connectivity index (χ2n) is 4.68. The summed E-state index contributed by atoms with van der Waals surface area (Å²) < 4.78 is 26.6. The standard InChI is InChI=1S/C11H15NO4S2/c13-9(14)7-11(4-2-5-11)8-12-18(15,16)10-3-1-6-17-10/h1,3,6,12H,2,4-5,7-8H2,(H,13,14). The smallest absolute Gasteiger partial charge is 0.303 e. The van der Waals surface area contributed by atoms with Crippen LogP contribution in [0, 0.1) is 5.41 Å². The Balaban J connectivity index is 2.01. The normalized spacial score (nSPS) is 18.2. The third kappa shape index (κ3) is 2.90. The molecule has 1 aromatic heterocycles. The average Bonchev–Trinajstić information content (AvgIpc) is 2.75. The van der Waals surface area contributed by atoms with E-state index in [4.69, 9.17) is 5.11 Å². The summed E-state index contributed by atoms with van der Waals surface area (Å²) in [4.78, 5) is 10.8. The summed E-state index contributed by atoms with van der Waals surface area (Å²) in [5.74, 6) is -0.870. The summed E-state index contributed by atoms with van der Waals surface area (Å²) in [5.41, 5.74) is -0.393. The molecule has 0 unspecified atom stereocenters. The summed E-state index contributed by atoms with van der Waals surface area (Å²) >= 11 is 1.15. The first kappa shape index (κ1) is 13.5. The fourth-order valence-electron chi connectivity index (χ4n) is 2.15. The van der Waals surface area contributed by atoms with Crippen LogP contribution in [0.2, 0.25) is 0 Å². The van der Waals surface area contributed by atoms with Gasteiger partial charge < -0.3 is 5.11 Å². The number of carboxylic acid groups (broad SMARTS) is 1. The lowest BCUT2D eigenvalue weighted by Crippen LogP contribution is -2.43. The number of nitrogens with one attached hydrogen (secondary N) is 1. The third-order valence-corrected chi connectivity index (χ3v) is 6.14. The van der Waals surface area contributed by atoms with Crippen LogP contribution < -0.4 is 4.72 Å². The van der Waals surface area contributed by atoms with E-state index in [2.05, 4.69) is 4.72 Å². The molecule has 1 fully saturated rings. The van der Waals surface area contributed by atoms with Gasteiger partial charge in [0.1, 0.15) is 4.21 Å². The van der Waals surface area contributed by atoms with Crippen molar-refractivity contribution in [2.24, 2.45) is 5.41 Å². The Hall–Kier alpha value is -0.920. The van der Waals surface area contributed by atoms with Crippen molar-refractivity contribution in [3.63, 3.8) is 0 Å². The zero-order chi connectivity index (χ0) is 13.2. The lowest BCUT2D eigenvalue weighted by molar-refractivity contribution is -0.141. The molecule has 1 aliphatic carbocycles. The summed E-state index contributed by atoms with van der Waals surface area (Å²) in [6.45, 7) is 0.208. The lowest BCUT2D eigenvalue weighted by atomic mass is 9.67. The Morgan fingerprint density at radius 3 is 2.67 bits per heavy atom. The lowest BCUT2D eigenvalue weighted by Gasteiger charge is -2.40.